The van der Waals surface area contributed by atoms with Gasteiger partial charge >= 0.3 is 0 Å². The molecular formula is C11H18N2O. The lowest BCUT2D eigenvalue weighted by molar-refractivity contribution is 0.213. The number of hydrogen-bond donors (Lipinski definition) is 1. The van der Waals surface area contributed by atoms with E-state index >= 15 is 0 Å². The van der Waals surface area contributed by atoms with Gasteiger partial charge in [0, 0.05) is 18.8 Å². The van der Waals surface area contributed by atoms with Crippen LogP contribution in [0.3, 0.4) is 0 Å². The first-order chi connectivity index (χ1) is 6.68. The van der Waals surface area contributed by atoms with Crippen molar-refractivity contribution >= 4 is 0 Å². The molecular weight excluding hydrogens is 176 g/mol. The molecule has 78 valence electrons. The van der Waals surface area contributed by atoms with Gasteiger partial charge in [-0.25, -0.2) is 0 Å². The van der Waals surface area contributed by atoms with E-state index < -0.39 is 0 Å². The second kappa shape index (κ2) is 5.60. The van der Waals surface area contributed by atoms with E-state index in [1.54, 1.807) is 12.4 Å². The van der Waals surface area contributed by atoms with Crippen LogP contribution in [-0.4, -0.2) is 23.7 Å². The van der Waals surface area contributed by atoms with Gasteiger partial charge in [0.15, 0.2) is 0 Å². The first-order valence-electron chi connectivity index (χ1n) is 4.98. The van der Waals surface area contributed by atoms with Crippen LogP contribution >= 0.6 is 0 Å². The third-order valence-electron chi connectivity index (χ3n) is 1.79. The number of rotatable bonds is 5. The minimum atomic E-state index is 0.168. The topological polar surface area (TPSA) is 34.1 Å². The van der Waals surface area contributed by atoms with Gasteiger partial charge in [-0.2, -0.15) is 0 Å². The van der Waals surface area contributed by atoms with Gasteiger partial charge in [0.1, 0.15) is 11.9 Å². The molecule has 1 N–H and O–H groups in total. The van der Waals surface area contributed by atoms with Gasteiger partial charge in [0.05, 0.1) is 6.20 Å². The van der Waals surface area contributed by atoms with Crippen LogP contribution in [0.2, 0.25) is 0 Å². The largest absolute Gasteiger partial charge is 0.488 e. The number of hydrogen-bond acceptors (Lipinski definition) is 3. The Labute approximate surface area is 85.5 Å². The zero-order valence-electron chi connectivity index (χ0n) is 9.03. The third-order valence-corrected chi connectivity index (χ3v) is 1.79. The molecule has 1 aromatic rings. The fourth-order valence-electron chi connectivity index (χ4n) is 1.09. The second-order valence-electron chi connectivity index (χ2n) is 3.68. The summed E-state index contributed by atoms with van der Waals surface area (Å²) in [4.78, 5) is 3.99. The Bertz CT molecular complexity index is 249. The van der Waals surface area contributed by atoms with Crippen LogP contribution < -0.4 is 10.1 Å². The third kappa shape index (κ3) is 4.23. The molecule has 0 saturated heterocycles. The Hall–Kier alpha value is -1.09. The maximum Gasteiger partial charge on any atom is 0.138 e. The average molecular weight is 194 g/mol. The number of nitrogens with zero attached hydrogens (tertiary/aromatic N) is 1. The van der Waals surface area contributed by atoms with Crippen molar-refractivity contribution in [3.05, 3.63) is 24.5 Å². The molecule has 3 nitrogen and oxygen atoms in total. The minimum Gasteiger partial charge on any atom is -0.488 e. The van der Waals surface area contributed by atoms with E-state index in [1.165, 1.54) is 0 Å². The summed E-state index contributed by atoms with van der Waals surface area (Å²) in [5.74, 6) is 0.825. The van der Waals surface area contributed by atoms with E-state index in [9.17, 15) is 0 Å². The van der Waals surface area contributed by atoms with Crippen LogP contribution in [0.25, 0.3) is 0 Å². The molecule has 0 aliphatic heterocycles. The molecule has 3 heteroatoms. The second-order valence-corrected chi connectivity index (χ2v) is 3.68. The summed E-state index contributed by atoms with van der Waals surface area (Å²) in [6.07, 6.45) is 3.64. The SMILES string of the molecule is CC(C)NCC(C)Oc1cccnc1. The van der Waals surface area contributed by atoms with Crippen LogP contribution in [-0.2, 0) is 0 Å². The molecule has 0 spiro atoms. The summed E-state index contributed by atoms with van der Waals surface area (Å²) >= 11 is 0. The summed E-state index contributed by atoms with van der Waals surface area (Å²) in [5, 5.41) is 3.32. The minimum absolute atomic E-state index is 0.168. The lowest BCUT2D eigenvalue weighted by Crippen LogP contribution is -2.33. The van der Waals surface area contributed by atoms with Gasteiger partial charge in [-0.15, -0.1) is 0 Å². The van der Waals surface area contributed by atoms with Crippen molar-refractivity contribution in [1.82, 2.24) is 10.3 Å². The first-order valence-corrected chi connectivity index (χ1v) is 4.98. The molecule has 1 rings (SSSR count). The van der Waals surface area contributed by atoms with Crippen molar-refractivity contribution < 1.29 is 4.74 Å². The number of nitrogens with one attached hydrogen (secondary N) is 1. The van der Waals surface area contributed by atoms with E-state index in [4.69, 9.17) is 4.74 Å². The van der Waals surface area contributed by atoms with Crippen molar-refractivity contribution in [2.75, 3.05) is 6.54 Å². The van der Waals surface area contributed by atoms with Gasteiger partial charge in [-0.3, -0.25) is 4.98 Å². The summed E-state index contributed by atoms with van der Waals surface area (Å²) in [5.41, 5.74) is 0. The predicted octanol–water partition coefficient (Wildman–Crippen LogP) is 1.85. The van der Waals surface area contributed by atoms with E-state index in [2.05, 4.69) is 24.1 Å². The van der Waals surface area contributed by atoms with E-state index in [0.29, 0.717) is 6.04 Å². The van der Waals surface area contributed by atoms with Crippen LogP contribution in [0, 0.1) is 0 Å². The maximum atomic E-state index is 5.64. The highest BCUT2D eigenvalue weighted by Gasteiger charge is 2.03. The van der Waals surface area contributed by atoms with E-state index in [1.807, 2.05) is 19.1 Å². The molecule has 1 aromatic heterocycles. The van der Waals surface area contributed by atoms with Gasteiger partial charge in [-0.05, 0) is 19.1 Å². The summed E-state index contributed by atoms with van der Waals surface area (Å²) < 4.78 is 5.64. The quantitative estimate of drug-likeness (QED) is 0.776. The lowest BCUT2D eigenvalue weighted by atomic mass is 10.3. The number of pyridine rings is 1. The molecule has 0 saturated carbocycles. The number of aromatic nitrogens is 1. The Morgan fingerprint density at radius 3 is 2.79 bits per heavy atom. The van der Waals surface area contributed by atoms with Crippen LogP contribution in [0.15, 0.2) is 24.5 Å². The zero-order valence-corrected chi connectivity index (χ0v) is 9.03. The van der Waals surface area contributed by atoms with Gasteiger partial charge < -0.3 is 10.1 Å². The van der Waals surface area contributed by atoms with Crippen molar-refractivity contribution in [3.8, 4) is 5.75 Å². The first kappa shape index (κ1) is 11.0. The molecule has 0 aliphatic rings. The molecule has 1 unspecified atom stereocenters. The molecule has 0 bridgehead atoms. The molecule has 0 amide bonds. The Morgan fingerprint density at radius 2 is 2.21 bits per heavy atom. The lowest BCUT2D eigenvalue weighted by Gasteiger charge is -2.16. The van der Waals surface area contributed by atoms with E-state index in [-0.39, 0.29) is 6.10 Å². The fraction of sp³-hybridized carbons (Fsp3) is 0.545. The zero-order chi connectivity index (χ0) is 10.4. The van der Waals surface area contributed by atoms with Gasteiger partial charge in [-0.1, -0.05) is 13.8 Å². The fourth-order valence-corrected chi connectivity index (χ4v) is 1.09. The molecule has 14 heavy (non-hydrogen) atoms. The van der Waals surface area contributed by atoms with Crippen LogP contribution in [0.4, 0.5) is 0 Å². The summed E-state index contributed by atoms with van der Waals surface area (Å²) in [6, 6.07) is 4.28. The van der Waals surface area contributed by atoms with Crippen molar-refractivity contribution in [3.63, 3.8) is 0 Å². The highest BCUT2D eigenvalue weighted by Crippen LogP contribution is 2.08. The molecule has 1 heterocycles. The summed E-state index contributed by atoms with van der Waals surface area (Å²) in [7, 11) is 0. The normalized spacial score (nSPS) is 12.9. The van der Waals surface area contributed by atoms with Crippen molar-refractivity contribution in [1.29, 1.82) is 0 Å². The number of ether oxygens (including phenoxy) is 1. The molecule has 0 fully saturated rings. The molecule has 0 aromatic carbocycles. The predicted molar refractivity (Wildman–Crippen MR) is 57.5 cm³/mol. The van der Waals surface area contributed by atoms with Gasteiger partial charge in [0.2, 0.25) is 0 Å². The van der Waals surface area contributed by atoms with Crippen LogP contribution in [0.1, 0.15) is 20.8 Å². The monoisotopic (exact) mass is 194 g/mol. The Kier molecular flexibility index (Phi) is 4.40. The van der Waals surface area contributed by atoms with Gasteiger partial charge in [0.25, 0.3) is 0 Å². The molecule has 0 radical (unpaired) electrons. The van der Waals surface area contributed by atoms with Crippen molar-refractivity contribution in [2.24, 2.45) is 0 Å². The maximum absolute atomic E-state index is 5.64. The smallest absolute Gasteiger partial charge is 0.138 e. The average Bonchev–Trinajstić information content (AvgIpc) is 2.16. The molecule has 1 atom stereocenters. The Balaban J connectivity index is 2.30. The van der Waals surface area contributed by atoms with Crippen molar-refractivity contribution in [2.45, 2.75) is 32.9 Å². The standard InChI is InChI=1S/C11H18N2O/c1-9(2)13-7-10(3)14-11-5-4-6-12-8-11/h4-6,8-10,13H,7H2,1-3H3. The highest BCUT2D eigenvalue weighted by atomic mass is 16.5. The highest BCUT2D eigenvalue weighted by molar-refractivity contribution is 5.15. The summed E-state index contributed by atoms with van der Waals surface area (Å²) in [6.45, 7) is 7.14. The van der Waals surface area contributed by atoms with E-state index in [0.717, 1.165) is 12.3 Å². The molecule has 0 aliphatic carbocycles. The Morgan fingerprint density at radius 1 is 1.43 bits per heavy atom. The van der Waals surface area contributed by atoms with Crippen LogP contribution in [0.5, 0.6) is 5.75 Å².